The first-order valence-corrected chi connectivity index (χ1v) is 10.2. The Labute approximate surface area is 167 Å². The number of rotatable bonds is 2. The molecule has 2 aliphatic heterocycles. The summed E-state index contributed by atoms with van der Waals surface area (Å²) in [6, 6.07) is 9.27. The van der Waals surface area contributed by atoms with E-state index in [0.29, 0.717) is 6.42 Å². The molecular formula is C22H23F2NO4. The molecule has 0 aromatic heterocycles. The van der Waals surface area contributed by atoms with Crippen molar-refractivity contribution < 1.29 is 28.2 Å². The average Bonchev–Trinajstić information content (AvgIpc) is 2.73. The Bertz CT molecular complexity index is 860. The van der Waals surface area contributed by atoms with Crippen LogP contribution in [0.1, 0.15) is 37.2 Å². The van der Waals surface area contributed by atoms with Crippen LogP contribution in [0.15, 0.2) is 42.1 Å². The minimum absolute atomic E-state index is 0.163. The number of benzene rings is 1. The number of hydrogen-bond donors (Lipinski definition) is 1. The summed E-state index contributed by atoms with van der Waals surface area (Å²) in [5.41, 5.74) is 0.868. The average molecular weight is 403 g/mol. The summed E-state index contributed by atoms with van der Waals surface area (Å²) < 4.78 is 35.1. The van der Waals surface area contributed by atoms with Crippen LogP contribution in [0.2, 0.25) is 0 Å². The largest absolute Gasteiger partial charge is 0.478 e. The summed E-state index contributed by atoms with van der Waals surface area (Å²) in [6.45, 7) is 0. The van der Waals surface area contributed by atoms with Gasteiger partial charge in [-0.1, -0.05) is 30.3 Å². The Morgan fingerprint density at radius 2 is 1.90 bits per heavy atom. The first kappa shape index (κ1) is 18.7. The van der Waals surface area contributed by atoms with Gasteiger partial charge in [0.05, 0.1) is 18.2 Å². The molecule has 7 heteroatoms. The van der Waals surface area contributed by atoms with Gasteiger partial charge in [0.1, 0.15) is 17.8 Å². The zero-order chi connectivity index (χ0) is 20.3. The zero-order valence-corrected chi connectivity index (χ0v) is 15.8. The predicted octanol–water partition coefficient (Wildman–Crippen LogP) is 3.01. The van der Waals surface area contributed by atoms with E-state index in [4.69, 9.17) is 4.74 Å². The summed E-state index contributed by atoms with van der Waals surface area (Å²) in [7, 11) is 0. The van der Waals surface area contributed by atoms with Crippen molar-refractivity contribution >= 4 is 11.8 Å². The Morgan fingerprint density at radius 3 is 2.62 bits per heavy atom. The van der Waals surface area contributed by atoms with Crippen LogP contribution < -0.4 is 0 Å². The summed E-state index contributed by atoms with van der Waals surface area (Å²) in [5.74, 6) is -2.55. The van der Waals surface area contributed by atoms with Crippen LogP contribution in [0.3, 0.4) is 0 Å². The van der Waals surface area contributed by atoms with Gasteiger partial charge in [-0.2, -0.15) is 0 Å². The van der Waals surface area contributed by atoms with Crippen LogP contribution in [-0.2, 0) is 14.3 Å². The molecule has 29 heavy (non-hydrogen) atoms. The number of aliphatic carboxylic acids is 1. The Balaban J connectivity index is 1.53. The number of morpholine rings is 1. The molecule has 2 heterocycles. The fourth-order valence-corrected chi connectivity index (χ4v) is 5.73. The van der Waals surface area contributed by atoms with Gasteiger partial charge < -0.3 is 14.7 Å². The zero-order valence-electron chi connectivity index (χ0n) is 15.8. The van der Waals surface area contributed by atoms with Gasteiger partial charge in [-0.05, 0) is 37.2 Å². The van der Waals surface area contributed by atoms with Crippen LogP contribution in [0, 0.1) is 5.92 Å². The first-order chi connectivity index (χ1) is 14.0. The molecule has 8 atom stereocenters. The van der Waals surface area contributed by atoms with Gasteiger partial charge in [-0.25, -0.2) is 13.6 Å². The minimum atomic E-state index is -1.82. The van der Waals surface area contributed by atoms with Crippen LogP contribution in [0.25, 0.3) is 0 Å². The number of alkyl halides is 2. The van der Waals surface area contributed by atoms with Gasteiger partial charge in [0.15, 0.2) is 12.0 Å². The SMILES string of the molecule is O=C(O)C1=CN2C3CC(c4ccccc4)CCC3OC3C(F)C(F)CC(C1=O)C32. The summed E-state index contributed by atoms with van der Waals surface area (Å²) in [6.07, 6.45) is -1.64. The molecule has 154 valence electrons. The minimum Gasteiger partial charge on any atom is -0.478 e. The van der Waals surface area contributed by atoms with E-state index in [1.54, 1.807) is 0 Å². The van der Waals surface area contributed by atoms with Crippen molar-refractivity contribution in [3.63, 3.8) is 0 Å². The van der Waals surface area contributed by atoms with Gasteiger partial charge >= 0.3 is 5.97 Å². The predicted molar refractivity (Wildman–Crippen MR) is 99.7 cm³/mol. The fourth-order valence-electron chi connectivity index (χ4n) is 5.73. The molecule has 1 aromatic carbocycles. The highest BCUT2D eigenvalue weighted by molar-refractivity contribution is 6.18. The lowest BCUT2D eigenvalue weighted by Gasteiger charge is -2.58. The summed E-state index contributed by atoms with van der Waals surface area (Å²) >= 11 is 0. The second kappa shape index (κ2) is 6.90. The molecule has 5 rings (SSSR count). The normalized spacial score (nSPS) is 41.2. The highest BCUT2D eigenvalue weighted by atomic mass is 19.2. The maximum absolute atomic E-state index is 14.7. The first-order valence-electron chi connectivity index (χ1n) is 10.2. The van der Waals surface area contributed by atoms with Crippen molar-refractivity contribution in [1.82, 2.24) is 4.90 Å². The third-order valence-corrected chi connectivity index (χ3v) is 7.08. The Hall–Kier alpha value is -2.28. The molecule has 0 radical (unpaired) electrons. The van der Waals surface area contributed by atoms with E-state index in [1.165, 1.54) is 11.8 Å². The lowest BCUT2D eigenvalue weighted by molar-refractivity contribution is -0.210. The molecule has 0 spiro atoms. The van der Waals surface area contributed by atoms with Crippen LogP contribution in [0.5, 0.6) is 0 Å². The monoisotopic (exact) mass is 403 g/mol. The standard InChI is InChI=1S/C22H23F2NO4/c23-15-9-13-19-21(18(15)24)29-17-7-6-12(11-4-2-1-3-5-11)8-16(17)25(19)10-14(20(13)26)22(27)28/h1-5,10,12-13,15-19,21H,6-9H2,(H,27,28). The lowest BCUT2D eigenvalue weighted by Crippen LogP contribution is -2.70. The highest BCUT2D eigenvalue weighted by Crippen LogP contribution is 2.48. The smallest absolute Gasteiger partial charge is 0.340 e. The molecule has 1 N–H and O–H groups in total. The second-order valence-corrected chi connectivity index (χ2v) is 8.58. The molecule has 2 saturated carbocycles. The molecule has 3 fully saturated rings. The van der Waals surface area contributed by atoms with Crippen molar-refractivity contribution in [2.75, 3.05) is 0 Å². The van der Waals surface area contributed by atoms with E-state index >= 15 is 0 Å². The summed E-state index contributed by atoms with van der Waals surface area (Å²) in [4.78, 5) is 26.2. The molecule has 4 aliphatic rings. The van der Waals surface area contributed by atoms with Crippen molar-refractivity contribution in [3.05, 3.63) is 47.7 Å². The number of ketones is 1. The van der Waals surface area contributed by atoms with Crippen molar-refractivity contribution in [2.45, 2.75) is 68.2 Å². The third kappa shape index (κ3) is 2.89. The quantitative estimate of drug-likeness (QED) is 0.769. The van der Waals surface area contributed by atoms with E-state index in [9.17, 15) is 23.5 Å². The Morgan fingerprint density at radius 1 is 1.14 bits per heavy atom. The van der Waals surface area contributed by atoms with Gasteiger partial charge in [-0.15, -0.1) is 0 Å². The van der Waals surface area contributed by atoms with Crippen molar-refractivity contribution in [3.8, 4) is 0 Å². The number of Topliss-reactive ketones (excluding diaryl/α,β-unsaturated/α-hetero) is 1. The number of carboxylic acid groups (broad SMARTS) is 1. The topological polar surface area (TPSA) is 66.8 Å². The molecule has 8 unspecified atom stereocenters. The number of fused-ring (bicyclic) bond motifs is 2. The molecule has 0 amide bonds. The number of nitrogens with zero attached hydrogens (tertiary/aromatic N) is 1. The molecule has 1 saturated heterocycles. The van der Waals surface area contributed by atoms with Crippen LogP contribution >= 0.6 is 0 Å². The fraction of sp³-hybridized carbons (Fsp3) is 0.545. The number of halogens is 2. The number of carbonyl (C=O) groups excluding carboxylic acids is 1. The number of hydrogen-bond acceptors (Lipinski definition) is 4. The maximum Gasteiger partial charge on any atom is 0.340 e. The molecular weight excluding hydrogens is 380 g/mol. The highest BCUT2D eigenvalue weighted by Gasteiger charge is 2.59. The number of carboxylic acids is 1. The molecule has 1 aromatic rings. The molecule has 2 aliphatic carbocycles. The van der Waals surface area contributed by atoms with Crippen LogP contribution in [0.4, 0.5) is 8.78 Å². The van der Waals surface area contributed by atoms with E-state index < -0.39 is 42.2 Å². The Kier molecular flexibility index (Phi) is 4.46. The van der Waals surface area contributed by atoms with E-state index in [0.717, 1.165) is 12.8 Å². The molecule has 0 bridgehead atoms. The van der Waals surface area contributed by atoms with E-state index in [1.807, 2.05) is 23.1 Å². The van der Waals surface area contributed by atoms with Crippen LogP contribution in [-0.4, -0.2) is 58.4 Å². The van der Waals surface area contributed by atoms with E-state index in [2.05, 4.69) is 12.1 Å². The van der Waals surface area contributed by atoms with Crippen molar-refractivity contribution in [2.24, 2.45) is 5.92 Å². The summed E-state index contributed by atoms with van der Waals surface area (Å²) in [5, 5.41) is 9.53. The van der Waals surface area contributed by atoms with Crippen molar-refractivity contribution in [1.29, 1.82) is 0 Å². The maximum atomic E-state index is 14.7. The second-order valence-electron chi connectivity index (χ2n) is 8.58. The van der Waals surface area contributed by atoms with Gasteiger partial charge in [0.2, 0.25) is 0 Å². The van der Waals surface area contributed by atoms with Gasteiger partial charge in [0.25, 0.3) is 0 Å². The van der Waals surface area contributed by atoms with Gasteiger partial charge in [0, 0.05) is 12.1 Å². The third-order valence-electron chi connectivity index (χ3n) is 7.08. The number of carbonyl (C=O) groups is 2. The lowest BCUT2D eigenvalue weighted by atomic mass is 9.69. The van der Waals surface area contributed by atoms with Gasteiger partial charge in [-0.3, -0.25) is 4.79 Å². The molecule has 5 nitrogen and oxygen atoms in total. The number of ether oxygens (including phenoxy) is 1. The van der Waals surface area contributed by atoms with E-state index in [-0.39, 0.29) is 30.1 Å².